The van der Waals surface area contributed by atoms with Gasteiger partial charge < -0.3 is 9.32 Å². The summed E-state index contributed by atoms with van der Waals surface area (Å²) in [6.07, 6.45) is 0. The molecule has 0 saturated heterocycles. The topological polar surface area (TPSA) is 16.4 Å². The van der Waals surface area contributed by atoms with Crippen LogP contribution >= 0.6 is 0 Å². The summed E-state index contributed by atoms with van der Waals surface area (Å²) in [4.78, 5) is 2.31. The number of benzene rings is 7. The van der Waals surface area contributed by atoms with Gasteiger partial charge >= 0.3 is 0 Å². The quantitative estimate of drug-likeness (QED) is 0.200. The van der Waals surface area contributed by atoms with E-state index < -0.39 is 0 Å². The number of anilines is 3. The van der Waals surface area contributed by atoms with Gasteiger partial charge in [0.1, 0.15) is 11.2 Å². The van der Waals surface area contributed by atoms with E-state index >= 15 is 0 Å². The van der Waals surface area contributed by atoms with Gasteiger partial charge in [0.25, 0.3) is 0 Å². The number of hydrogen-bond donors (Lipinski definition) is 0. The first-order valence-electron chi connectivity index (χ1n) is 14.9. The van der Waals surface area contributed by atoms with Gasteiger partial charge in [0.2, 0.25) is 0 Å². The molecule has 0 bridgehead atoms. The van der Waals surface area contributed by atoms with Crippen LogP contribution in [0.3, 0.4) is 0 Å². The predicted octanol–water partition coefficient (Wildman–Crippen LogP) is 12.1. The van der Waals surface area contributed by atoms with Crippen LogP contribution in [0.15, 0.2) is 180 Å². The molecule has 0 saturated carbocycles. The third kappa shape index (κ3) is 4.73. The lowest BCUT2D eigenvalue weighted by Crippen LogP contribution is -2.09. The summed E-state index contributed by atoms with van der Waals surface area (Å²) in [5, 5.41) is 2.27. The molecule has 8 aromatic rings. The Morgan fingerprint density at radius 1 is 0.341 bits per heavy atom. The minimum absolute atomic E-state index is 0.899. The zero-order valence-corrected chi connectivity index (χ0v) is 24.1. The molecule has 8 rings (SSSR count). The van der Waals surface area contributed by atoms with Crippen LogP contribution < -0.4 is 4.90 Å². The minimum Gasteiger partial charge on any atom is -0.456 e. The second kappa shape index (κ2) is 11.1. The molecule has 1 heterocycles. The van der Waals surface area contributed by atoms with Gasteiger partial charge in [-0.05, 0) is 88.0 Å². The normalized spacial score (nSPS) is 11.2. The molecule has 1 aromatic heterocycles. The summed E-state index contributed by atoms with van der Waals surface area (Å²) in [5.41, 5.74) is 12.2. The zero-order chi connectivity index (χ0) is 29.3. The summed E-state index contributed by atoms with van der Waals surface area (Å²) in [5.74, 6) is 0. The maximum absolute atomic E-state index is 6.39. The molecule has 0 fully saturated rings. The number of nitrogens with zero attached hydrogens (tertiary/aromatic N) is 1. The third-order valence-corrected chi connectivity index (χ3v) is 8.27. The Hall–Kier alpha value is -5.86. The van der Waals surface area contributed by atoms with Crippen LogP contribution in [0.5, 0.6) is 0 Å². The summed E-state index contributed by atoms with van der Waals surface area (Å²) in [7, 11) is 0. The molecule has 2 nitrogen and oxygen atoms in total. The van der Waals surface area contributed by atoms with Crippen molar-refractivity contribution >= 4 is 39.0 Å². The molecular weight excluding hydrogens is 534 g/mol. The maximum Gasteiger partial charge on any atom is 0.136 e. The highest BCUT2D eigenvalue weighted by molar-refractivity contribution is 6.13. The van der Waals surface area contributed by atoms with Crippen LogP contribution in [0.4, 0.5) is 17.1 Å². The van der Waals surface area contributed by atoms with Gasteiger partial charge in [-0.2, -0.15) is 0 Å². The van der Waals surface area contributed by atoms with E-state index in [4.69, 9.17) is 4.42 Å². The number of fused-ring (bicyclic) bond motifs is 3. The van der Waals surface area contributed by atoms with Crippen molar-refractivity contribution in [1.82, 2.24) is 0 Å². The van der Waals surface area contributed by atoms with Crippen LogP contribution in [0, 0.1) is 0 Å². The molecule has 0 atom stereocenters. The molecule has 0 aliphatic rings. The van der Waals surface area contributed by atoms with Crippen molar-refractivity contribution in [3.63, 3.8) is 0 Å². The highest BCUT2D eigenvalue weighted by Gasteiger charge is 2.17. The molecule has 0 aliphatic heterocycles. The zero-order valence-electron chi connectivity index (χ0n) is 24.1. The number of hydrogen-bond acceptors (Lipinski definition) is 2. The number of rotatable bonds is 6. The van der Waals surface area contributed by atoms with Crippen LogP contribution in [0.2, 0.25) is 0 Å². The van der Waals surface area contributed by atoms with Crippen LogP contribution in [-0.2, 0) is 0 Å². The Labute approximate surface area is 257 Å². The smallest absolute Gasteiger partial charge is 0.136 e. The summed E-state index contributed by atoms with van der Waals surface area (Å²) >= 11 is 0. The van der Waals surface area contributed by atoms with Crippen molar-refractivity contribution in [3.05, 3.63) is 176 Å². The SMILES string of the molecule is c1ccc(-c2ccc(N(c3ccccc3)c3ccc(-c4cc(-c5ccccc5)cc5oc6ccccc6c45)cc3)cc2)cc1. The van der Waals surface area contributed by atoms with E-state index in [1.54, 1.807) is 0 Å². The first-order chi connectivity index (χ1) is 21.8. The summed E-state index contributed by atoms with van der Waals surface area (Å²) < 4.78 is 6.39. The summed E-state index contributed by atoms with van der Waals surface area (Å²) in [6, 6.07) is 62.0. The lowest BCUT2D eigenvalue weighted by atomic mass is 9.94. The second-order valence-corrected chi connectivity index (χ2v) is 11.0. The van der Waals surface area contributed by atoms with Crippen molar-refractivity contribution in [3.8, 4) is 33.4 Å². The standard InChI is InChI=1S/C42H29NO/c1-4-12-30(13-5-1)32-20-24-36(25-21-32)43(35-16-8-3-9-17-35)37-26-22-33(23-27-37)39-28-34(31-14-6-2-7-15-31)29-41-42(39)38-18-10-11-19-40(38)44-41/h1-29H. The molecule has 0 aliphatic carbocycles. The largest absolute Gasteiger partial charge is 0.456 e. The molecule has 7 aromatic carbocycles. The van der Waals surface area contributed by atoms with E-state index in [9.17, 15) is 0 Å². The fourth-order valence-electron chi connectivity index (χ4n) is 6.13. The highest BCUT2D eigenvalue weighted by atomic mass is 16.3. The first kappa shape index (κ1) is 25.8. The van der Waals surface area contributed by atoms with Gasteiger partial charge in [-0.3, -0.25) is 0 Å². The van der Waals surface area contributed by atoms with Gasteiger partial charge in [0.05, 0.1) is 0 Å². The van der Waals surface area contributed by atoms with Gasteiger partial charge in [-0.15, -0.1) is 0 Å². The van der Waals surface area contributed by atoms with E-state index in [2.05, 4.69) is 169 Å². The number of furan rings is 1. The van der Waals surface area contributed by atoms with E-state index in [0.717, 1.165) is 55.7 Å². The van der Waals surface area contributed by atoms with Crippen molar-refractivity contribution in [2.45, 2.75) is 0 Å². The van der Waals surface area contributed by atoms with E-state index in [1.807, 2.05) is 12.1 Å². The lowest BCUT2D eigenvalue weighted by molar-refractivity contribution is 0.669. The minimum atomic E-state index is 0.899. The molecule has 0 amide bonds. The van der Waals surface area contributed by atoms with Crippen LogP contribution in [0.25, 0.3) is 55.3 Å². The molecule has 0 unspecified atom stereocenters. The van der Waals surface area contributed by atoms with Gasteiger partial charge in [-0.1, -0.05) is 121 Å². The van der Waals surface area contributed by atoms with Crippen LogP contribution in [0.1, 0.15) is 0 Å². The Kier molecular flexibility index (Phi) is 6.51. The van der Waals surface area contributed by atoms with Crippen molar-refractivity contribution in [2.75, 3.05) is 4.90 Å². The molecule has 0 radical (unpaired) electrons. The predicted molar refractivity (Wildman–Crippen MR) is 185 cm³/mol. The molecular formula is C42H29NO. The first-order valence-corrected chi connectivity index (χ1v) is 14.9. The van der Waals surface area contributed by atoms with Crippen molar-refractivity contribution < 1.29 is 4.42 Å². The van der Waals surface area contributed by atoms with Gasteiger partial charge in [-0.25, -0.2) is 0 Å². The molecule has 0 spiro atoms. The fourth-order valence-corrected chi connectivity index (χ4v) is 6.13. The molecule has 0 N–H and O–H groups in total. The monoisotopic (exact) mass is 563 g/mol. The Balaban J connectivity index is 1.24. The second-order valence-electron chi connectivity index (χ2n) is 11.0. The van der Waals surface area contributed by atoms with Crippen LogP contribution in [-0.4, -0.2) is 0 Å². The summed E-state index contributed by atoms with van der Waals surface area (Å²) in [6.45, 7) is 0. The van der Waals surface area contributed by atoms with Gasteiger partial charge in [0, 0.05) is 27.8 Å². The van der Waals surface area contributed by atoms with Crippen molar-refractivity contribution in [1.29, 1.82) is 0 Å². The lowest BCUT2D eigenvalue weighted by Gasteiger charge is -2.26. The Morgan fingerprint density at radius 2 is 0.818 bits per heavy atom. The van der Waals surface area contributed by atoms with Gasteiger partial charge in [0.15, 0.2) is 0 Å². The molecule has 208 valence electrons. The average Bonchev–Trinajstić information content (AvgIpc) is 3.49. The Bertz CT molecular complexity index is 2180. The van der Waals surface area contributed by atoms with E-state index in [-0.39, 0.29) is 0 Å². The highest BCUT2D eigenvalue weighted by Crippen LogP contribution is 2.42. The van der Waals surface area contributed by atoms with Crippen molar-refractivity contribution in [2.24, 2.45) is 0 Å². The third-order valence-electron chi connectivity index (χ3n) is 8.27. The average molecular weight is 564 g/mol. The molecule has 2 heteroatoms. The molecule has 44 heavy (non-hydrogen) atoms. The number of para-hydroxylation sites is 2. The maximum atomic E-state index is 6.39. The fraction of sp³-hybridized carbons (Fsp3) is 0. The van der Waals surface area contributed by atoms with E-state index in [1.165, 1.54) is 16.7 Å². The van der Waals surface area contributed by atoms with E-state index in [0.29, 0.717) is 0 Å². The Morgan fingerprint density at radius 3 is 1.45 bits per heavy atom.